The maximum Gasteiger partial charge on any atom is 0.263 e. The minimum Gasteiger partial charge on any atom is -0.276 e. The number of hydrogen-bond acceptors (Lipinski definition) is 4. The highest BCUT2D eigenvalue weighted by molar-refractivity contribution is 7.93. The van der Waals surface area contributed by atoms with Crippen molar-refractivity contribution in [2.75, 3.05) is 4.72 Å². The quantitative estimate of drug-likeness (QED) is 0.815. The molecule has 3 rings (SSSR count). The average molecular weight is 414 g/mol. The van der Waals surface area contributed by atoms with Gasteiger partial charge in [0.1, 0.15) is 21.3 Å². The van der Waals surface area contributed by atoms with Crippen molar-refractivity contribution in [2.45, 2.75) is 23.0 Å². The molecule has 1 unspecified atom stereocenters. The smallest absolute Gasteiger partial charge is 0.263 e. The molecule has 0 saturated heterocycles. The number of benzene rings is 1. The van der Waals surface area contributed by atoms with Gasteiger partial charge >= 0.3 is 0 Å². The van der Waals surface area contributed by atoms with E-state index in [4.69, 9.17) is 0 Å². The molecular weight excluding hydrogens is 398 g/mol. The fourth-order valence-corrected chi connectivity index (χ4v) is 5.22. The molecule has 27 heavy (non-hydrogen) atoms. The van der Waals surface area contributed by atoms with Crippen LogP contribution in [0.4, 0.5) is 14.5 Å². The van der Waals surface area contributed by atoms with E-state index in [-0.39, 0.29) is 6.42 Å². The number of hydrogen-bond donors (Lipinski definition) is 1. The van der Waals surface area contributed by atoms with Crippen molar-refractivity contribution in [3.05, 3.63) is 72.6 Å². The van der Waals surface area contributed by atoms with Crippen LogP contribution < -0.4 is 4.72 Å². The Balaban J connectivity index is 1.94. The van der Waals surface area contributed by atoms with E-state index in [0.29, 0.717) is 6.07 Å². The van der Waals surface area contributed by atoms with E-state index < -0.39 is 47.0 Å². The second-order valence-electron chi connectivity index (χ2n) is 6.22. The van der Waals surface area contributed by atoms with Crippen LogP contribution in [-0.4, -0.2) is 25.6 Å². The zero-order valence-corrected chi connectivity index (χ0v) is 15.8. The van der Waals surface area contributed by atoms with Gasteiger partial charge in [-0.3, -0.25) is 8.69 Å². The van der Waals surface area contributed by atoms with E-state index in [1.165, 1.54) is 13.0 Å². The molecule has 0 fully saturated rings. The fraction of sp³-hybridized carbons (Fsp3) is 0.176. The van der Waals surface area contributed by atoms with Gasteiger partial charge in [-0.15, -0.1) is 0 Å². The molecule has 10 heteroatoms. The van der Waals surface area contributed by atoms with Crippen LogP contribution in [0.25, 0.3) is 0 Å². The lowest BCUT2D eigenvalue weighted by atomic mass is 10.0. The molecule has 0 spiro atoms. The Bertz CT molecular complexity index is 1150. The van der Waals surface area contributed by atoms with Crippen molar-refractivity contribution in [2.24, 2.45) is 0 Å². The van der Waals surface area contributed by atoms with Gasteiger partial charge in [0.05, 0.1) is 5.69 Å². The summed E-state index contributed by atoms with van der Waals surface area (Å²) in [5, 5.41) is 0. The minimum absolute atomic E-state index is 0.235. The monoisotopic (exact) mass is 414 g/mol. The van der Waals surface area contributed by atoms with Crippen LogP contribution in [0.2, 0.25) is 0 Å². The maximum absolute atomic E-state index is 13.7. The Morgan fingerprint density at radius 2 is 1.85 bits per heavy atom. The highest BCUT2D eigenvalue weighted by atomic mass is 32.2. The number of halogens is 2. The van der Waals surface area contributed by atoms with Crippen molar-refractivity contribution < 1.29 is 25.6 Å². The molecule has 2 aromatic rings. The first kappa shape index (κ1) is 19.3. The third-order valence-corrected chi connectivity index (χ3v) is 7.82. The summed E-state index contributed by atoms with van der Waals surface area (Å²) in [6.07, 6.45) is 8.81. The molecule has 0 saturated carbocycles. The minimum atomic E-state index is -4.32. The number of sulfonamides is 1. The number of aromatic nitrogens is 1. The van der Waals surface area contributed by atoms with Crippen LogP contribution in [-0.2, 0) is 20.0 Å². The second-order valence-corrected chi connectivity index (χ2v) is 10.2. The molecule has 1 aromatic heterocycles. The van der Waals surface area contributed by atoms with Crippen molar-refractivity contribution in [1.82, 2.24) is 3.97 Å². The lowest BCUT2D eigenvalue weighted by Gasteiger charge is -2.26. The van der Waals surface area contributed by atoms with Gasteiger partial charge in [-0.05, 0) is 31.5 Å². The van der Waals surface area contributed by atoms with Crippen molar-refractivity contribution in [3.8, 4) is 0 Å². The van der Waals surface area contributed by atoms with Gasteiger partial charge in [0.2, 0.25) is 10.0 Å². The van der Waals surface area contributed by atoms with E-state index in [1.54, 1.807) is 18.2 Å². The Hall–Kier alpha value is -2.46. The van der Waals surface area contributed by atoms with Gasteiger partial charge in [0.25, 0.3) is 10.0 Å². The second kappa shape index (κ2) is 6.61. The van der Waals surface area contributed by atoms with Crippen molar-refractivity contribution in [3.63, 3.8) is 0 Å². The van der Waals surface area contributed by atoms with E-state index >= 15 is 0 Å². The van der Waals surface area contributed by atoms with Crippen LogP contribution >= 0.6 is 0 Å². The van der Waals surface area contributed by atoms with Crippen LogP contribution in [0, 0.1) is 11.6 Å². The summed E-state index contributed by atoms with van der Waals surface area (Å²) < 4.78 is 79.0. The third kappa shape index (κ3) is 3.54. The third-order valence-electron chi connectivity index (χ3n) is 4.21. The molecule has 1 N–H and O–H groups in total. The first-order chi connectivity index (χ1) is 12.6. The van der Waals surface area contributed by atoms with Gasteiger partial charge in [-0.2, -0.15) is 0 Å². The molecule has 6 nitrogen and oxygen atoms in total. The standard InChI is InChI=1S/C17H16F2N2O4S2/c1-17(8-3-2-4-9-17)27(24,25)21-10-7-14(12-21)26(22,23)20-16-11-13(18)5-6-15(16)19/h2-8,10-12,20H,9H2,1H3. The molecule has 1 heterocycles. The Labute approximate surface area is 155 Å². The molecule has 0 bridgehead atoms. The summed E-state index contributed by atoms with van der Waals surface area (Å²) in [7, 11) is -8.25. The molecule has 1 aromatic carbocycles. The lowest BCUT2D eigenvalue weighted by molar-refractivity contribution is 0.553. The van der Waals surface area contributed by atoms with Gasteiger partial charge < -0.3 is 0 Å². The largest absolute Gasteiger partial charge is 0.276 e. The number of nitrogens with zero attached hydrogens (tertiary/aromatic N) is 1. The summed E-state index contributed by atoms with van der Waals surface area (Å²) in [4.78, 5) is -0.395. The molecule has 1 aliphatic carbocycles. The Morgan fingerprint density at radius 3 is 2.52 bits per heavy atom. The summed E-state index contributed by atoms with van der Waals surface area (Å²) >= 11 is 0. The summed E-state index contributed by atoms with van der Waals surface area (Å²) in [5.41, 5.74) is -0.571. The van der Waals surface area contributed by atoms with Crippen molar-refractivity contribution >= 4 is 25.7 Å². The van der Waals surface area contributed by atoms with Gasteiger partial charge in [0.15, 0.2) is 0 Å². The van der Waals surface area contributed by atoms with Crippen LogP contribution in [0.15, 0.2) is 65.9 Å². The van der Waals surface area contributed by atoms with Crippen LogP contribution in [0.3, 0.4) is 0 Å². The van der Waals surface area contributed by atoms with Crippen LogP contribution in [0.5, 0.6) is 0 Å². The normalized spacial score (nSPS) is 20.0. The molecule has 144 valence electrons. The number of nitrogens with one attached hydrogen (secondary N) is 1. The molecule has 0 radical (unpaired) electrons. The maximum atomic E-state index is 13.7. The van der Waals surface area contributed by atoms with E-state index in [1.807, 2.05) is 4.72 Å². The molecule has 0 amide bonds. The van der Waals surface area contributed by atoms with E-state index in [9.17, 15) is 25.6 Å². The first-order valence-electron chi connectivity index (χ1n) is 7.81. The van der Waals surface area contributed by atoms with Crippen LogP contribution in [0.1, 0.15) is 13.3 Å². The summed E-state index contributed by atoms with van der Waals surface area (Å²) in [6, 6.07) is 3.40. The highest BCUT2D eigenvalue weighted by Gasteiger charge is 2.38. The predicted octanol–water partition coefficient (Wildman–Crippen LogP) is 3.02. The molecule has 1 aliphatic rings. The lowest BCUT2D eigenvalue weighted by Crippen LogP contribution is -2.37. The van der Waals surface area contributed by atoms with E-state index in [0.717, 1.165) is 34.6 Å². The fourth-order valence-electron chi connectivity index (χ4n) is 2.59. The molecular formula is C17H16F2N2O4S2. The number of allylic oxidation sites excluding steroid dienone is 3. The zero-order chi connectivity index (χ0) is 19.9. The van der Waals surface area contributed by atoms with Gasteiger partial charge in [0, 0.05) is 18.5 Å². The molecule has 0 aliphatic heterocycles. The average Bonchev–Trinajstić information content (AvgIpc) is 3.10. The Morgan fingerprint density at radius 1 is 1.11 bits per heavy atom. The first-order valence-corrected chi connectivity index (χ1v) is 10.7. The number of rotatable bonds is 5. The SMILES string of the molecule is CC1(S(=O)(=O)n2ccc(S(=O)(=O)Nc3cc(F)ccc3F)c2)C=CC=CC1. The topological polar surface area (TPSA) is 85.2 Å². The summed E-state index contributed by atoms with van der Waals surface area (Å²) in [5.74, 6) is -1.78. The van der Waals surface area contributed by atoms with Crippen molar-refractivity contribution in [1.29, 1.82) is 0 Å². The summed E-state index contributed by atoms with van der Waals surface area (Å²) in [6.45, 7) is 1.52. The van der Waals surface area contributed by atoms with Gasteiger partial charge in [-0.25, -0.2) is 25.6 Å². The molecule has 1 atom stereocenters. The zero-order valence-electron chi connectivity index (χ0n) is 14.1. The Kier molecular flexibility index (Phi) is 4.73. The highest BCUT2D eigenvalue weighted by Crippen LogP contribution is 2.30. The number of anilines is 1. The van der Waals surface area contributed by atoms with E-state index in [2.05, 4.69) is 0 Å². The predicted molar refractivity (Wildman–Crippen MR) is 97.2 cm³/mol. The van der Waals surface area contributed by atoms with Gasteiger partial charge in [-0.1, -0.05) is 24.3 Å².